The van der Waals surface area contributed by atoms with Crippen molar-refractivity contribution in [3.63, 3.8) is 0 Å². The molecule has 0 aromatic rings. The molecule has 48 valence electrons. The molecule has 0 aliphatic heterocycles. The molecule has 0 aliphatic rings. The highest BCUT2D eigenvalue weighted by Crippen LogP contribution is 1.96. The van der Waals surface area contributed by atoms with Crippen molar-refractivity contribution in [3.05, 3.63) is 11.8 Å². The van der Waals surface area contributed by atoms with Crippen LogP contribution in [0.3, 0.4) is 0 Å². The maximum absolute atomic E-state index is 3.90. The van der Waals surface area contributed by atoms with Crippen LogP contribution in [-0.4, -0.2) is 23.3 Å². The number of hydrogen-bond donors (Lipinski definition) is 1. The van der Waals surface area contributed by atoms with Gasteiger partial charge >= 0.3 is 0 Å². The molecule has 1 atom stereocenters. The summed E-state index contributed by atoms with van der Waals surface area (Å²) in [5.74, 6) is 0. The first-order chi connectivity index (χ1) is 3.72. The minimum Gasteiger partial charge on any atom is -0.314 e. The molecule has 0 aliphatic carbocycles. The van der Waals surface area contributed by atoms with Crippen molar-refractivity contribution in [1.82, 2.24) is 5.32 Å². The highest BCUT2D eigenvalue weighted by molar-refractivity contribution is 6.21. The van der Waals surface area contributed by atoms with Crippen LogP contribution in [-0.2, 0) is 0 Å². The van der Waals surface area contributed by atoms with Crippen LogP contribution in [0.5, 0.6) is 0 Å². The first-order valence-corrected chi connectivity index (χ1v) is 4.05. The van der Waals surface area contributed by atoms with Gasteiger partial charge in [-0.1, -0.05) is 12.1 Å². The van der Waals surface area contributed by atoms with Gasteiger partial charge in [0.05, 0.1) is 0 Å². The molecule has 2 heteroatoms. The third-order valence-electron chi connectivity index (χ3n) is 1.35. The highest BCUT2D eigenvalue weighted by atomic mass is 28.1. The summed E-state index contributed by atoms with van der Waals surface area (Å²) in [5.41, 5.74) is 0. The van der Waals surface area contributed by atoms with Gasteiger partial charge in [0.25, 0.3) is 0 Å². The van der Waals surface area contributed by atoms with Crippen LogP contribution in [0.25, 0.3) is 0 Å². The van der Waals surface area contributed by atoms with E-state index in [1.165, 1.54) is 11.6 Å². The number of hydrogen-bond acceptors (Lipinski definition) is 1. The zero-order valence-corrected chi connectivity index (χ0v) is 7.99. The lowest BCUT2D eigenvalue weighted by Crippen LogP contribution is -2.25. The predicted molar refractivity (Wildman–Crippen MR) is 42.2 cm³/mol. The minimum atomic E-state index is 0.571. The van der Waals surface area contributed by atoms with E-state index in [1.54, 1.807) is 0 Å². The molecule has 1 N–H and O–H groups in total. The second-order valence-electron chi connectivity index (χ2n) is 2.10. The van der Waals surface area contributed by atoms with Crippen molar-refractivity contribution in [1.29, 1.82) is 0 Å². The summed E-state index contributed by atoms with van der Waals surface area (Å²) in [7, 11) is 3.10. The maximum atomic E-state index is 3.90. The summed E-state index contributed by atoms with van der Waals surface area (Å²) >= 11 is 0. The Morgan fingerprint density at radius 1 is 1.88 bits per heavy atom. The van der Waals surface area contributed by atoms with Crippen molar-refractivity contribution in [3.8, 4) is 0 Å². The Kier molecular flexibility index (Phi) is 3.82. The summed E-state index contributed by atoms with van der Waals surface area (Å²) in [6, 6.07) is 0.571. The predicted octanol–water partition coefficient (Wildman–Crippen LogP) is -0.137. The Morgan fingerprint density at radius 2 is 2.38 bits per heavy atom. The van der Waals surface area contributed by atoms with Gasteiger partial charge < -0.3 is 5.32 Å². The van der Waals surface area contributed by atoms with E-state index in [4.69, 9.17) is 0 Å². The molecule has 0 aromatic carbocycles. The standard InChI is InChI=1S/C6H15NSi/c1-4-6(7-3)5(2)8/h6-7H,2,4H2,1,3,8H3. The summed E-state index contributed by atoms with van der Waals surface area (Å²) in [5, 5.41) is 4.54. The van der Waals surface area contributed by atoms with E-state index in [0.717, 1.165) is 10.2 Å². The second kappa shape index (κ2) is 3.86. The van der Waals surface area contributed by atoms with Crippen LogP contribution in [0.2, 0.25) is 0 Å². The van der Waals surface area contributed by atoms with Crippen LogP contribution < -0.4 is 5.32 Å². The molecular formula is C6H15NSi. The third kappa shape index (κ3) is 2.28. The molecule has 0 radical (unpaired) electrons. The van der Waals surface area contributed by atoms with E-state index >= 15 is 0 Å². The van der Waals surface area contributed by atoms with Gasteiger partial charge in [-0.25, -0.2) is 0 Å². The lowest BCUT2D eigenvalue weighted by Gasteiger charge is -2.12. The maximum Gasteiger partial charge on any atom is 0.0345 e. The number of likely N-dealkylation sites (N-methyl/N-ethyl adjacent to an activating group) is 1. The first-order valence-electron chi connectivity index (χ1n) is 3.05. The van der Waals surface area contributed by atoms with Crippen molar-refractivity contribution < 1.29 is 0 Å². The fourth-order valence-corrected chi connectivity index (χ4v) is 1.50. The normalized spacial score (nSPS) is 13.8. The van der Waals surface area contributed by atoms with Gasteiger partial charge in [0, 0.05) is 16.3 Å². The molecule has 0 fully saturated rings. The van der Waals surface area contributed by atoms with Gasteiger partial charge in [-0.3, -0.25) is 0 Å². The number of rotatable bonds is 3. The molecule has 0 heterocycles. The van der Waals surface area contributed by atoms with Crippen molar-refractivity contribution in [2.45, 2.75) is 19.4 Å². The Hall–Kier alpha value is -0.0831. The molecule has 0 saturated heterocycles. The molecule has 1 nitrogen and oxygen atoms in total. The monoisotopic (exact) mass is 129 g/mol. The van der Waals surface area contributed by atoms with Crippen LogP contribution in [0, 0.1) is 0 Å². The van der Waals surface area contributed by atoms with Gasteiger partial charge in [-0.15, -0.1) is 6.58 Å². The van der Waals surface area contributed by atoms with E-state index in [-0.39, 0.29) is 0 Å². The lowest BCUT2D eigenvalue weighted by atomic mass is 10.2. The van der Waals surface area contributed by atoms with Gasteiger partial charge in [-0.2, -0.15) is 0 Å². The average Bonchev–Trinajstić information content (AvgIpc) is 1.69. The van der Waals surface area contributed by atoms with Crippen molar-refractivity contribution in [2.75, 3.05) is 7.05 Å². The Morgan fingerprint density at radius 3 is 2.38 bits per heavy atom. The number of nitrogens with one attached hydrogen (secondary N) is 1. The largest absolute Gasteiger partial charge is 0.314 e. The summed E-state index contributed by atoms with van der Waals surface area (Å²) in [4.78, 5) is 0. The lowest BCUT2D eigenvalue weighted by molar-refractivity contribution is 0.639. The van der Waals surface area contributed by atoms with Crippen LogP contribution >= 0.6 is 0 Å². The van der Waals surface area contributed by atoms with Crippen molar-refractivity contribution in [2.24, 2.45) is 0 Å². The van der Waals surface area contributed by atoms with Crippen LogP contribution in [0.4, 0.5) is 0 Å². The molecule has 0 spiro atoms. The molecule has 0 rings (SSSR count). The molecule has 8 heavy (non-hydrogen) atoms. The summed E-state index contributed by atoms with van der Waals surface area (Å²) < 4.78 is 0. The average molecular weight is 129 g/mol. The molecule has 0 bridgehead atoms. The third-order valence-corrected chi connectivity index (χ3v) is 2.05. The molecule has 0 aromatic heterocycles. The molecular weight excluding hydrogens is 114 g/mol. The smallest absolute Gasteiger partial charge is 0.0345 e. The summed E-state index contributed by atoms with van der Waals surface area (Å²) in [6.45, 7) is 6.07. The van der Waals surface area contributed by atoms with Gasteiger partial charge in [-0.05, 0) is 13.5 Å². The fourth-order valence-electron chi connectivity index (χ4n) is 0.799. The van der Waals surface area contributed by atoms with Crippen LogP contribution in [0.1, 0.15) is 13.3 Å². The van der Waals surface area contributed by atoms with E-state index in [9.17, 15) is 0 Å². The molecule has 0 saturated carbocycles. The quantitative estimate of drug-likeness (QED) is 0.523. The zero-order valence-electron chi connectivity index (χ0n) is 5.99. The van der Waals surface area contributed by atoms with Crippen LogP contribution in [0.15, 0.2) is 11.8 Å². The van der Waals surface area contributed by atoms with E-state index in [1.807, 2.05) is 7.05 Å². The minimum absolute atomic E-state index is 0.571. The highest BCUT2D eigenvalue weighted by Gasteiger charge is 1.99. The Bertz CT molecular complexity index is 76.6. The topological polar surface area (TPSA) is 12.0 Å². The Labute approximate surface area is 54.6 Å². The van der Waals surface area contributed by atoms with Crippen molar-refractivity contribution >= 4 is 10.2 Å². The van der Waals surface area contributed by atoms with E-state index in [2.05, 4.69) is 18.8 Å². The molecule has 1 unspecified atom stereocenters. The second-order valence-corrected chi connectivity index (χ2v) is 3.38. The van der Waals surface area contributed by atoms with E-state index in [0.29, 0.717) is 6.04 Å². The fraction of sp³-hybridized carbons (Fsp3) is 0.667. The SMILES string of the molecule is C=C([SiH3])C(CC)NC. The van der Waals surface area contributed by atoms with Gasteiger partial charge in [0.2, 0.25) is 0 Å². The van der Waals surface area contributed by atoms with E-state index < -0.39 is 0 Å². The van der Waals surface area contributed by atoms with Gasteiger partial charge in [0.1, 0.15) is 0 Å². The van der Waals surface area contributed by atoms with Gasteiger partial charge in [0.15, 0.2) is 0 Å². The Balaban J connectivity index is 3.52. The first kappa shape index (κ1) is 7.92. The zero-order chi connectivity index (χ0) is 6.57. The molecule has 0 amide bonds. The summed E-state index contributed by atoms with van der Waals surface area (Å²) in [6.07, 6.45) is 1.17.